The molecule has 1 N–H and O–H groups in total. The number of aromatic nitrogens is 4. The molecule has 8 heteroatoms. The van der Waals surface area contributed by atoms with Gasteiger partial charge in [0, 0.05) is 10.6 Å². The summed E-state index contributed by atoms with van der Waals surface area (Å²) in [5.41, 5.74) is 2.49. The van der Waals surface area contributed by atoms with Crippen molar-refractivity contribution in [3.05, 3.63) is 95.8 Å². The monoisotopic (exact) mass is 412 g/mol. The van der Waals surface area contributed by atoms with E-state index in [1.54, 1.807) is 35.0 Å². The number of benzene rings is 3. The van der Waals surface area contributed by atoms with E-state index in [0.29, 0.717) is 28.4 Å². The van der Waals surface area contributed by atoms with E-state index in [2.05, 4.69) is 26.9 Å². The van der Waals surface area contributed by atoms with Crippen molar-refractivity contribution in [3.8, 4) is 11.8 Å². The van der Waals surface area contributed by atoms with Gasteiger partial charge in [0.1, 0.15) is 0 Å². The minimum atomic E-state index is -0.240. The van der Waals surface area contributed by atoms with Crippen LogP contribution in [0.1, 0.15) is 21.7 Å². The molecule has 0 spiro atoms. The molecule has 1 amide bonds. The second-order valence-electron chi connectivity index (χ2n) is 6.27. The van der Waals surface area contributed by atoms with E-state index < -0.39 is 0 Å². The molecule has 0 aliphatic heterocycles. The number of nitrogens with one attached hydrogen (secondary N) is 1. The first kappa shape index (κ1) is 19.4. The molecule has 0 atom stereocenters. The highest BCUT2D eigenvalue weighted by atomic mass is 32.2. The van der Waals surface area contributed by atoms with Crippen LogP contribution in [0.3, 0.4) is 0 Å². The van der Waals surface area contributed by atoms with E-state index in [1.165, 1.54) is 11.8 Å². The van der Waals surface area contributed by atoms with Crippen molar-refractivity contribution in [2.24, 2.45) is 0 Å². The standard InChI is InChI=1S/C22H16N6OS/c23-14-16-7-6-8-17(13-16)24-22(29)19-11-4-5-12-20(19)30-15-21-25-26-27-28(21)18-9-2-1-3-10-18/h1-13H,15H2,(H,24,29). The highest BCUT2D eigenvalue weighted by molar-refractivity contribution is 7.98. The van der Waals surface area contributed by atoms with Gasteiger partial charge in [-0.25, -0.2) is 0 Å². The van der Waals surface area contributed by atoms with E-state index in [4.69, 9.17) is 5.26 Å². The normalized spacial score (nSPS) is 10.4. The highest BCUT2D eigenvalue weighted by Crippen LogP contribution is 2.27. The molecular formula is C22H16N6OS. The van der Waals surface area contributed by atoms with E-state index in [-0.39, 0.29) is 5.91 Å². The number of thioether (sulfide) groups is 1. The van der Waals surface area contributed by atoms with Crippen molar-refractivity contribution < 1.29 is 4.79 Å². The molecule has 0 bridgehead atoms. The van der Waals surface area contributed by atoms with Crippen LogP contribution in [0.15, 0.2) is 83.8 Å². The number of rotatable bonds is 6. The number of nitriles is 1. The summed E-state index contributed by atoms with van der Waals surface area (Å²) in [7, 11) is 0. The third kappa shape index (κ3) is 4.37. The molecule has 0 aliphatic rings. The summed E-state index contributed by atoms with van der Waals surface area (Å²) in [6.45, 7) is 0. The van der Waals surface area contributed by atoms with Crippen molar-refractivity contribution in [2.75, 3.05) is 5.32 Å². The van der Waals surface area contributed by atoms with Crippen LogP contribution in [0.5, 0.6) is 0 Å². The van der Waals surface area contributed by atoms with Crippen LogP contribution in [-0.2, 0) is 5.75 Å². The minimum Gasteiger partial charge on any atom is -0.322 e. The zero-order valence-corrected chi connectivity index (χ0v) is 16.6. The fourth-order valence-electron chi connectivity index (χ4n) is 2.85. The molecule has 0 saturated heterocycles. The van der Waals surface area contributed by atoms with Gasteiger partial charge < -0.3 is 5.32 Å². The first-order valence-corrected chi connectivity index (χ1v) is 10.1. The van der Waals surface area contributed by atoms with Crippen LogP contribution in [0.25, 0.3) is 5.69 Å². The fraction of sp³-hybridized carbons (Fsp3) is 0.0455. The summed E-state index contributed by atoms with van der Waals surface area (Å²) < 4.78 is 1.68. The molecule has 30 heavy (non-hydrogen) atoms. The number of tetrazole rings is 1. The van der Waals surface area contributed by atoms with E-state index in [0.717, 1.165) is 10.6 Å². The lowest BCUT2D eigenvalue weighted by Crippen LogP contribution is -2.13. The molecule has 0 saturated carbocycles. The van der Waals surface area contributed by atoms with E-state index in [1.807, 2.05) is 48.5 Å². The minimum absolute atomic E-state index is 0.240. The van der Waals surface area contributed by atoms with Gasteiger partial charge in [-0.3, -0.25) is 4.79 Å². The van der Waals surface area contributed by atoms with Crippen molar-refractivity contribution in [2.45, 2.75) is 10.6 Å². The second kappa shape index (κ2) is 9.03. The number of hydrogen-bond acceptors (Lipinski definition) is 6. The number of hydrogen-bond donors (Lipinski definition) is 1. The molecule has 1 aromatic heterocycles. The molecule has 0 fully saturated rings. The predicted octanol–water partition coefficient (Wildman–Crippen LogP) is 4.08. The number of carbonyl (C=O) groups excluding carboxylic acids is 1. The van der Waals surface area contributed by atoms with Crippen molar-refractivity contribution in [1.29, 1.82) is 5.26 Å². The second-order valence-corrected chi connectivity index (χ2v) is 7.29. The summed E-state index contributed by atoms with van der Waals surface area (Å²) in [6.07, 6.45) is 0. The van der Waals surface area contributed by atoms with Crippen LogP contribution in [0.2, 0.25) is 0 Å². The quantitative estimate of drug-likeness (QED) is 0.479. The lowest BCUT2D eigenvalue weighted by atomic mass is 10.2. The highest BCUT2D eigenvalue weighted by Gasteiger charge is 2.14. The van der Waals surface area contributed by atoms with Gasteiger partial charge in [-0.15, -0.1) is 16.9 Å². The Morgan fingerprint density at radius 2 is 1.83 bits per heavy atom. The first-order valence-electron chi connectivity index (χ1n) is 9.10. The molecule has 1 heterocycles. The summed E-state index contributed by atoms with van der Waals surface area (Å²) in [6, 6.07) is 25.9. The molecule has 3 aromatic carbocycles. The lowest BCUT2D eigenvalue weighted by molar-refractivity contribution is 0.102. The maximum absolute atomic E-state index is 12.8. The van der Waals surface area contributed by atoms with Gasteiger partial charge in [-0.05, 0) is 52.9 Å². The molecule has 7 nitrogen and oxygen atoms in total. The van der Waals surface area contributed by atoms with Gasteiger partial charge in [0.15, 0.2) is 5.82 Å². The Hall–Kier alpha value is -3.96. The largest absolute Gasteiger partial charge is 0.322 e. The Kier molecular flexibility index (Phi) is 5.83. The third-order valence-electron chi connectivity index (χ3n) is 4.27. The molecule has 4 aromatic rings. The van der Waals surface area contributed by atoms with Crippen LogP contribution in [-0.4, -0.2) is 26.1 Å². The number of amides is 1. The van der Waals surface area contributed by atoms with Gasteiger partial charge >= 0.3 is 0 Å². The van der Waals surface area contributed by atoms with Crippen molar-refractivity contribution in [1.82, 2.24) is 20.2 Å². The topological polar surface area (TPSA) is 96.5 Å². The lowest BCUT2D eigenvalue weighted by Gasteiger charge is -2.10. The Balaban J connectivity index is 1.51. The Bertz CT molecular complexity index is 1220. The zero-order chi connectivity index (χ0) is 20.8. The number of nitrogens with zero attached hydrogens (tertiary/aromatic N) is 5. The first-order chi connectivity index (χ1) is 14.7. The van der Waals surface area contributed by atoms with Gasteiger partial charge in [-0.2, -0.15) is 9.94 Å². The van der Waals surface area contributed by atoms with Crippen molar-refractivity contribution >= 4 is 23.4 Å². The predicted molar refractivity (Wildman–Crippen MR) is 114 cm³/mol. The molecule has 4 rings (SSSR count). The van der Waals surface area contributed by atoms with Crippen molar-refractivity contribution in [3.63, 3.8) is 0 Å². The molecular weight excluding hydrogens is 396 g/mol. The van der Waals surface area contributed by atoms with Crippen LogP contribution in [0, 0.1) is 11.3 Å². The summed E-state index contributed by atoms with van der Waals surface area (Å²) in [5, 5.41) is 23.9. The SMILES string of the molecule is N#Cc1cccc(NC(=O)c2ccccc2SCc2nnnn2-c2ccccc2)c1. The number of anilines is 1. The van der Waals surface area contributed by atoms with E-state index >= 15 is 0 Å². The molecule has 0 aliphatic carbocycles. The van der Waals surface area contributed by atoms with Crippen LogP contribution in [0.4, 0.5) is 5.69 Å². The summed E-state index contributed by atoms with van der Waals surface area (Å²) >= 11 is 1.48. The Labute approximate surface area is 177 Å². The van der Waals surface area contributed by atoms with Gasteiger partial charge in [0.25, 0.3) is 5.91 Å². The maximum Gasteiger partial charge on any atom is 0.256 e. The molecule has 146 valence electrons. The third-order valence-corrected chi connectivity index (χ3v) is 5.34. The van der Waals surface area contributed by atoms with Gasteiger partial charge in [-0.1, -0.05) is 36.4 Å². The molecule has 0 radical (unpaired) electrons. The number of carbonyl (C=O) groups is 1. The van der Waals surface area contributed by atoms with Crippen LogP contribution >= 0.6 is 11.8 Å². The zero-order valence-electron chi connectivity index (χ0n) is 15.8. The van der Waals surface area contributed by atoms with Gasteiger partial charge in [0.2, 0.25) is 0 Å². The molecule has 0 unspecified atom stereocenters. The maximum atomic E-state index is 12.8. The Morgan fingerprint density at radius 3 is 2.67 bits per heavy atom. The summed E-state index contributed by atoms with van der Waals surface area (Å²) in [4.78, 5) is 13.6. The smallest absolute Gasteiger partial charge is 0.256 e. The van der Waals surface area contributed by atoms with E-state index in [9.17, 15) is 4.79 Å². The average molecular weight is 412 g/mol. The van der Waals surface area contributed by atoms with Gasteiger partial charge in [0.05, 0.1) is 28.6 Å². The average Bonchev–Trinajstić information content (AvgIpc) is 3.27. The number of para-hydroxylation sites is 1. The van der Waals surface area contributed by atoms with Crippen LogP contribution < -0.4 is 5.32 Å². The Morgan fingerprint density at radius 1 is 1.03 bits per heavy atom. The fourth-order valence-corrected chi connectivity index (χ4v) is 3.81. The summed E-state index contributed by atoms with van der Waals surface area (Å²) in [5.74, 6) is 0.940.